The summed E-state index contributed by atoms with van der Waals surface area (Å²) in [5.74, 6) is 1.47. The molecule has 1 saturated heterocycles. The van der Waals surface area contributed by atoms with Gasteiger partial charge in [-0.05, 0) is 60.9 Å². The Morgan fingerprint density at radius 1 is 0.755 bits per heavy atom. The number of rotatable bonds is 14. The first kappa shape index (κ1) is 35.1. The average Bonchev–Trinajstić information content (AvgIpc) is 3.53. The summed E-state index contributed by atoms with van der Waals surface area (Å²) < 4.78 is 56.7. The Hall–Kier alpha value is -3.79. The molecule has 258 valence electrons. The minimum Gasteiger partial charge on any atom is -0.489 e. The number of halogens is 3. The van der Waals surface area contributed by atoms with Crippen LogP contribution >= 0.6 is 8.38 Å². The molecule has 0 atom stereocenters. The lowest BCUT2D eigenvalue weighted by Gasteiger charge is -2.35. The van der Waals surface area contributed by atoms with Crippen molar-refractivity contribution < 1.29 is 27.0 Å². The number of alkyl halides is 3. The number of benzene rings is 4. The second kappa shape index (κ2) is 16.3. The highest BCUT2D eigenvalue weighted by Gasteiger charge is 2.30. The Morgan fingerprint density at radius 2 is 1.39 bits per heavy atom. The highest BCUT2D eigenvalue weighted by molar-refractivity contribution is 7.46. The summed E-state index contributed by atoms with van der Waals surface area (Å²) in [6.45, 7) is 11.2. The zero-order chi connectivity index (χ0) is 34.2. The van der Waals surface area contributed by atoms with Gasteiger partial charge in [0.25, 0.3) is 0 Å². The number of nitrogens with one attached hydrogen (secondary N) is 1. The molecule has 1 aromatic heterocycles. The van der Waals surface area contributed by atoms with Crippen molar-refractivity contribution in [3.8, 4) is 17.1 Å². The van der Waals surface area contributed by atoms with E-state index in [1.807, 2.05) is 32.0 Å². The third kappa shape index (κ3) is 9.47. The molecule has 4 aromatic carbocycles. The molecular formula is C38H42F3N4O3P. The van der Waals surface area contributed by atoms with Crippen LogP contribution in [0.1, 0.15) is 41.7 Å². The third-order valence-corrected chi connectivity index (χ3v) is 10.3. The molecule has 0 radical (unpaired) electrons. The van der Waals surface area contributed by atoms with E-state index in [9.17, 15) is 13.2 Å². The van der Waals surface area contributed by atoms with Gasteiger partial charge >= 0.3 is 6.18 Å². The molecule has 6 rings (SSSR count). The summed E-state index contributed by atoms with van der Waals surface area (Å²) in [7, 11) is -0.904. The summed E-state index contributed by atoms with van der Waals surface area (Å²) in [4.78, 5) is 12.8. The SMILES string of the molecule is CCOP(Cc1ccc(COc2ccccc2CN2CCN(Cc3ccc4nc(-c5ccc(C(F)(F)F)cc5)[nH]c4c3)CC2)cc1)OCC. The zero-order valence-corrected chi connectivity index (χ0v) is 28.8. The first-order chi connectivity index (χ1) is 23.8. The van der Waals surface area contributed by atoms with Crippen molar-refractivity contribution in [3.63, 3.8) is 0 Å². The molecule has 1 aliphatic heterocycles. The van der Waals surface area contributed by atoms with Crippen molar-refractivity contribution in [2.75, 3.05) is 39.4 Å². The van der Waals surface area contributed by atoms with Crippen LogP contribution in [0, 0.1) is 0 Å². The lowest BCUT2D eigenvalue weighted by atomic mass is 10.1. The number of H-pyrrole nitrogens is 1. The van der Waals surface area contributed by atoms with Crippen LogP contribution in [0.25, 0.3) is 22.4 Å². The fourth-order valence-corrected chi connectivity index (χ4v) is 7.30. The average molecular weight is 691 g/mol. The van der Waals surface area contributed by atoms with Crippen molar-refractivity contribution in [1.82, 2.24) is 19.8 Å². The van der Waals surface area contributed by atoms with E-state index < -0.39 is 20.1 Å². The second-order valence-electron chi connectivity index (χ2n) is 12.1. The molecule has 5 aromatic rings. The number of aromatic amines is 1. The van der Waals surface area contributed by atoms with Crippen LogP contribution in [0.2, 0.25) is 0 Å². The summed E-state index contributed by atoms with van der Waals surface area (Å²) in [6.07, 6.45) is -3.58. The molecule has 11 heteroatoms. The van der Waals surface area contributed by atoms with Gasteiger partial charge in [-0.15, -0.1) is 0 Å². The van der Waals surface area contributed by atoms with Crippen LogP contribution < -0.4 is 4.74 Å². The lowest BCUT2D eigenvalue weighted by Crippen LogP contribution is -2.45. The molecule has 7 nitrogen and oxygen atoms in total. The Balaban J connectivity index is 0.992. The molecule has 0 aliphatic carbocycles. The number of ether oxygens (including phenoxy) is 1. The van der Waals surface area contributed by atoms with Gasteiger partial charge in [-0.3, -0.25) is 9.80 Å². The first-order valence-electron chi connectivity index (χ1n) is 16.7. The van der Waals surface area contributed by atoms with E-state index in [1.54, 1.807) is 0 Å². The monoisotopic (exact) mass is 690 g/mol. The summed E-state index contributed by atoms with van der Waals surface area (Å²) >= 11 is 0. The summed E-state index contributed by atoms with van der Waals surface area (Å²) in [5.41, 5.74) is 6.27. The number of aromatic nitrogens is 2. The normalized spacial score (nSPS) is 14.6. The van der Waals surface area contributed by atoms with Crippen molar-refractivity contribution >= 4 is 19.4 Å². The maximum atomic E-state index is 13.0. The maximum Gasteiger partial charge on any atom is 0.416 e. The molecular weight excluding hydrogens is 648 g/mol. The van der Waals surface area contributed by atoms with Gasteiger partial charge in [-0.25, -0.2) is 4.98 Å². The Labute approximate surface area is 286 Å². The van der Waals surface area contributed by atoms with Crippen molar-refractivity contribution in [2.24, 2.45) is 0 Å². The number of para-hydroxylation sites is 1. The number of nitrogens with zero attached hydrogens (tertiary/aromatic N) is 3. The molecule has 1 fully saturated rings. The van der Waals surface area contributed by atoms with Gasteiger partial charge in [0.05, 0.1) is 29.8 Å². The topological polar surface area (TPSA) is 62.9 Å². The van der Waals surface area contributed by atoms with Crippen molar-refractivity contribution in [2.45, 2.75) is 45.9 Å². The van der Waals surface area contributed by atoms with Gasteiger partial charge in [-0.1, -0.05) is 60.7 Å². The van der Waals surface area contributed by atoms with Gasteiger partial charge in [0.15, 0.2) is 8.38 Å². The van der Waals surface area contributed by atoms with Crippen LogP contribution in [0.4, 0.5) is 13.2 Å². The number of piperazine rings is 1. The number of fused-ring (bicyclic) bond motifs is 1. The molecule has 0 amide bonds. The van der Waals surface area contributed by atoms with Gasteiger partial charge in [0.1, 0.15) is 18.2 Å². The Bertz CT molecular complexity index is 1780. The van der Waals surface area contributed by atoms with Crippen molar-refractivity contribution in [3.05, 3.63) is 119 Å². The highest BCUT2D eigenvalue weighted by Crippen LogP contribution is 2.42. The van der Waals surface area contributed by atoms with Gasteiger partial charge < -0.3 is 18.8 Å². The summed E-state index contributed by atoms with van der Waals surface area (Å²) in [5, 5.41) is 0. The standard InChI is InChI=1S/C38H42F3N4O3P/c1-3-47-49(48-4-2)27-29-11-9-28(10-12-29)26-46-36-8-6-5-7-32(36)25-45-21-19-44(20-22-45)24-30-13-18-34-35(23-30)43-37(42-34)31-14-16-33(17-15-31)38(39,40)41/h5-18,23H,3-4,19-22,24-27H2,1-2H3,(H,42,43). The van der Waals surface area contributed by atoms with E-state index in [0.29, 0.717) is 31.2 Å². The lowest BCUT2D eigenvalue weighted by molar-refractivity contribution is -0.137. The van der Waals surface area contributed by atoms with E-state index in [2.05, 4.69) is 68.3 Å². The van der Waals surface area contributed by atoms with E-state index in [1.165, 1.54) is 28.8 Å². The van der Waals surface area contributed by atoms with Crippen LogP contribution in [0.3, 0.4) is 0 Å². The predicted octanol–water partition coefficient (Wildman–Crippen LogP) is 9.03. The number of hydrogen-bond acceptors (Lipinski definition) is 6. The van der Waals surface area contributed by atoms with Crippen LogP contribution in [0.5, 0.6) is 5.75 Å². The Morgan fingerprint density at radius 3 is 2.06 bits per heavy atom. The predicted molar refractivity (Wildman–Crippen MR) is 188 cm³/mol. The first-order valence-corrected chi connectivity index (χ1v) is 18.1. The Kier molecular flexibility index (Phi) is 11.6. The van der Waals surface area contributed by atoms with Crippen LogP contribution in [-0.4, -0.2) is 59.2 Å². The minimum atomic E-state index is -4.36. The molecule has 1 N–H and O–H groups in total. The molecule has 2 heterocycles. The zero-order valence-electron chi connectivity index (χ0n) is 27.9. The second-order valence-corrected chi connectivity index (χ2v) is 13.6. The van der Waals surface area contributed by atoms with E-state index >= 15 is 0 Å². The highest BCUT2D eigenvalue weighted by atomic mass is 31.2. The molecule has 0 unspecified atom stereocenters. The number of hydrogen-bond donors (Lipinski definition) is 1. The van der Waals surface area contributed by atoms with E-state index in [4.69, 9.17) is 13.8 Å². The maximum absolute atomic E-state index is 13.0. The minimum absolute atomic E-state index is 0.503. The smallest absolute Gasteiger partial charge is 0.416 e. The fourth-order valence-electron chi connectivity index (χ4n) is 5.96. The van der Waals surface area contributed by atoms with Crippen LogP contribution in [-0.2, 0) is 41.1 Å². The summed E-state index contributed by atoms with van der Waals surface area (Å²) in [6, 6.07) is 28.0. The van der Waals surface area contributed by atoms with Crippen molar-refractivity contribution in [1.29, 1.82) is 0 Å². The molecule has 1 aliphatic rings. The molecule has 0 saturated carbocycles. The quantitative estimate of drug-likeness (QED) is 0.117. The van der Waals surface area contributed by atoms with Gasteiger partial charge in [0, 0.05) is 56.6 Å². The van der Waals surface area contributed by atoms with Gasteiger partial charge in [0.2, 0.25) is 0 Å². The van der Waals surface area contributed by atoms with E-state index in [0.717, 1.165) is 79.9 Å². The largest absolute Gasteiger partial charge is 0.489 e. The third-order valence-electron chi connectivity index (χ3n) is 8.54. The number of imidazole rings is 1. The fraction of sp³-hybridized carbons (Fsp3) is 0.342. The van der Waals surface area contributed by atoms with Crippen LogP contribution in [0.15, 0.2) is 91.0 Å². The molecule has 49 heavy (non-hydrogen) atoms. The molecule has 0 spiro atoms. The van der Waals surface area contributed by atoms with E-state index in [-0.39, 0.29) is 0 Å². The van der Waals surface area contributed by atoms with Gasteiger partial charge in [-0.2, -0.15) is 13.2 Å². The molecule has 0 bridgehead atoms.